The summed E-state index contributed by atoms with van der Waals surface area (Å²) >= 11 is 0. The van der Waals surface area contributed by atoms with Crippen molar-refractivity contribution < 1.29 is 0 Å². The maximum atomic E-state index is 2.18. The number of hydrogen-bond donors (Lipinski definition) is 0. The minimum absolute atomic E-state index is 1.32. The van der Waals surface area contributed by atoms with E-state index in [1.807, 2.05) is 0 Å². The van der Waals surface area contributed by atoms with Crippen LogP contribution in [0.2, 0.25) is 0 Å². The van der Waals surface area contributed by atoms with Crippen molar-refractivity contribution in [3.63, 3.8) is 0 Å². The molecule has 0 saturated heterocycles. The molecule has 88 valence electrons. The van der Waals surface area contributed by atoms with E-state index < -0.39 is 0 Å². The molecule has 0 bridgehead atoms. The number of hydrogen-bond acceptors (Lipinski definition) is 0. The van der Waals surface area contributed by atoms with Crippen molar-refractivity contribution in [1.29, 1.82) is 0 Å². The van der Waals surface area contributed by atoms with Gasteiger partial charge in [0.25, 0.3) is 0 Å². The SMILES string of the molecule is C1CCCCC1.CCCC.CCCC. The molecular formula is C14H32. The zero-order chi connectivity index (χ0) is 11.1. The van der Waals surface area contributed by atoms with Gasteiger partial charge in [0, 0.05) is 0 Å². The molecule has 1 aliphatic rings. The van der Waals surface area contributed by atoms with Crippen molar-refractivity contribution >= 4 is 0 Å². The second-order valence-electron chi connectivity index (χ2n) is 4.12. The largest absolute Gasteiger partial charge is 0.0654 e. The van der Waals surface area contributed by atoms with E-state index in [2.05, 4.69) is 27.7 Å². The van der Waals surface area contributed by atoms with E-state index in [1.165, 1.54) is 64.2 Å². The summed E-state index contributed by atoms with van der Waals surface area (Å²) in [5.74, 6) is 0. The van der Waals surface area contributed by atoms with Crippen LogP contribution < -0.4 is 0 Å². The Balaban J connectivity index is 0. The van der Waals surface area contributed by atoms with E-state index in [0.29, 0.717) is 0 Å². The number of rotatable bonds is 2. The molecule has 14 heavy (non-hydrogen) atoms. The van der Waals surface area contributed by atoms with Crippen LogP contribution in [0.3, 0.4) is 0 Å². The quantitative estimate of drug-likeness (QED) is 0.516. The van der Waals surface area contributed by atoms with Gasteiger partial charge in [0.05, 0.1) is 0 Å². The topological polar surface area (TPSA) is 0 Å². The third kappa shape index (κ3) is 22.7. The predicted molar refractivity (Wildman–Crippen MR) is 68.9 cm³/mol. The minimum Gasteiger partial charge on any atom is -0.0654 e. The second kappa shape index (κ2) is 18.7. The summed E-state index contributed by atoms with van der Waals surface area (Å²) in [5, 5.41) is 0. The Bertz CT molecular complexity index is 42.9. The van der Waals surface area contributed by atoms with Crippen LogP contribution in [0, 0.1) is 0 Å². The van der Waals surface area contributed by atoms with Crippen LogP contribution in [0.15, 0.2) is 0 Å². The van der Waals surface area contributed by atoms with Gasteiger partial charge in [-0.15, -0.1) is 0 Å². The highest BCUT2D eigenvalue weighted by Gasteiger charge is 1.95. The summed E-state index contributed by atoms with van der Waals surface area (Å²) in [6.45, 7) is 8.72. The Hall–Kier alpha value is 0. The van der Waals surface area contributed by atoms with Crippen molar-refractivity contribution in [3.05, 3.63) is 0 Å². The summed E-state index contributed by atoms with van der Waals surface area (Å²) in [6, 6.07) is 0. The third-order valence-electron chi connectivity index (χ3n) is 2.50. The van der Waals surface area contributed by atoms with Gasteiger partial charge in [0.15, 0.2) is 0 Å². The van der Waals surface area contributed by atoms with Crippen LogP contribution in [-0.4, -0.2) is 0 Å². The third-order valence-corrected chi connectivity index (χ3v) is 2.50. The van der Waals surface area contributed by atoms with Crippen LogP contribution in [0.25, 0.3) is 0 Å². The van der Waals surface area contributed by atoms with Gasteiger partial charge in [-0.25, -0.2) is 0 Å². The Labute approximate surface area is 92.5 Å². The van der Waals surface area contributed by atoms with Gasteiger partial charge in [-0.3, -0.25) is 0 Å². The molecule has 1 saturated carbocycles. The van der Waals surface area contributed by atoms with Crippen molar-refractivity contribution in [2.45, 2.75) is 91.9 Å². The summed E-state index contributed by atoms with van der Waals surface area (Å²) in [4.78, 5) is 0. The fourth-order valence-electron chi connectivity index (χ4n) is 1.06. The molecule has 0 amide bonds. The fourth-order valence-corrected chi connectivity index (χ4v) is 1.06. The molecular weight excluding hydrogens is 168 g/mol. The molecule has 0 atom stereocenters. The van der Waals surface area contributed by atoms with E-state index >= 15 is 0 Å². The molecule has 0 aliphatic heterocycles. The van der Waals surface area contributed by atoms with Gasteiger partial charge in [-0.2, -0.15) is 0 Å². The monoisotopic (exact) mass is 200 g/mol. The molecule has 0 heteroatoms. The lowest BCUT2D eigenvalue weighted by atomic mass is 10.0. The van der Waals surface area contributed by atoms with Crippen molar-refractivity contribution in [2.24, 2.45) is 0 Å². The van der Waals surface area contributed by atoms with Gasteiger partial charge in [0.2, 0.25) is 0 Å². The van der Waals surface area contributed by atoms with E-state index in [1.54, 1.807) is 0 Å². The summed E-state index contributed by atoms with van der Waals surface area (Å²) in [7, 11) is 0. The van der Waals surface area contributed by atoms with Crippen LogP contribution in [0.1, 0.15) is 91.9 Å². The molecule has 0 unspecified atom stereocenters. The molecule has 1 fully saturated rings. The predicted octanol–water partition coefficient (Wildman–Crippen LogP) is 5.95. The highest BCUT2D eigenvalue weighted by Crippen LogP contribution is 2.15. The van der Waals surface area contributed by atoms with Gasteiger partial charge in [-0.1, -0.05) is 91.9 Å². The normalized spacial score (nSPS) is 14.6. The van der Waals surface area contributed by atoms with Gasteiger partial charge >= 0.3 is 0 Å². The highest BCUT2D eigenvalue weighted by atomic mass is 14.0. The molecule has 0 heterocycles. The Morgan fingerprint density at radius 2 is 0.571 bits per heavy atom. The first-order valence-electron chi connectivity index (χ1n) is 6.83. The van der Waals surface area contributed by atoms with E-state index in [0.717, 1.165) is 0 Å². The molecule has 0 N–H and O–H groups in total. The molecule has 1 rings (SSSR count). The van der Waals surface area contributed by atoms with E-state index in [4.69, 9.17) is 0 Å². The minimum atomic E-state index is 1.32. The van der Waals surface area contributed by atoms with Crippen molar-refractivity contribution in [3.8, 4) is 0 Å². The lowest BCUT2D eigenvalue weighted by molar-refractivity contribution is 0.504. The maximum absolute atomic E-state index is 2.18. The standard InChI is InChI=1S/C6H12.2C4H10/c1-2-4-6-5-3-1;2*1-3-4-2/h1-6H2;2*3-4H2,1-2H3. The highest BCUT2D eigenvalue weighted by molar-refractivity contribution is 4.51. The van der Waals surface area contributed by atoms with E-state index in [-0.39, 0.29) is 0 Å². The Morgan fingerprint density at radius 3 is 0.643 bits per heavy atom. The first kappa shape index (κ1) is 16.4. The van der Waals surface area contributed by atoms with E-state index in [9.17, 15) is 0 Å². The molecule has 0 nitrogen and oxygen atoms in total. The van der Waals surface area contributed by atoms with Crippen LogP contribution in [-0.2, 0) is 0 Å². The van der Waals surface area contributed by atoms with Crippen LogP contribution in [0.4, 0.5) is 0 Å². The molecule has 0 aromatic rings. The maximum Gasteiger partial charge on any atom is -0.0533 e. The van der Waals surface area contributed by atoms with Crippen LogP contribution >= 0.6 is 0 Å². The first-order chi connectivity index (χ1) is 6.83. The lowest BCUT2D eigenvalue weighted by Gasteiger charge is -2.05. The fraction of sp³-hybridized carbons (Fsp3) is 1.00. The summed E-state index contributed by atoms with van der Waals surface area (Å²) < 4.78 is 0. The smallest absolute Gasteiger partial charge is 0.0533 e. The van der Waals surface area contributed by atoms with Gasteiger partial charge < -0.3 is 0 Å². The molecule has 1 aliphatic carbocycles. The zero-order valence-electron chi connectivity index (χ0n) is 11.1. The molecule has 0 spiro atoms. The van der Waals surface area contributed by atoms with Crippen molar-refractivity contribution in [2.75, 3.05) is 0 Å². The van der Waals surface area contributed by atoms with Gasteiger partial charge in [-0.05, 0) is 0 Å². The lowest BCUT2D eigenvalue weighted by Crippen LogP contribution is -1.85. The van der Waals surface area contributed by atoms with Crippen molar-refractivity contribution in [1.82, 2.24) is 0 Å². The Kier molecular flexibility index (Phi) is 22.0. The van der Waals surface area contributed by atoms with Gasteiger partial charge in [0.1, 0.15) is 0 Å². The summed E-state index contributed by atoms with van der Waals surface area (Å²) in [5.41, 5.74) is 0. The summed E-state index contributed by atoms with van der Waals surface area (Å²) in [6.07, 6.45) is 14.3. The molecule has 0 aromatic heterocycles. The molecule has 0 radical (unpaired) electrons. The molecule has 0 aromatic carbocycles. The average Bonchev–Trinajstić information content (AvgIpc) is 2.32. The Morgan fingerprint density at radius 1 is 0.429 bits per heavy atom. The average molecular weight is 200 g/mol. The first-order valence-corrected chi connectivity index (χ1v) is 6.83. The van der Waals surface area contributed by atoms with Crippen LogP contribution in [0.5, 0.6) is 0 Å². The second-order valence-corrected chi connectivity index (χ2v) is 4.12. The number of unbranched alkanes of at least 4 members (excludes halogenated alkanes) is 2. The zero-order valence-corrected chi connectivity index (χ0v) is 11.1.